The van der Waals surface area contributed by atoms with Crippen molar-refractivity contribution in [3.8, 4) is 0 Å². The molecule has 1 aliphatic rings. The highest BCUT2D eigenvalue weighted by atomic mass is 32.2. The highest BCUT2D eigenvalue weighted by Gasteiger charge is 2.45. The lowest BCUT2D eigenvalue weighted by Crippen LogP contribution is -2.32. The van der Waals surface area contributed by atoms with Gasteiger partial charge in [-0.15, -0.1) is 0 Å². The Bertz CT molecular complexity index is 1150. The van der Waals surface area contributed by atoms with Gasteiger partial charge in [-0.25, -0.2) is 8.42 Å². The number of amides is 1. The van der Waals surface area contributed by atoms with Crippen molar-refractivity contribution in [1.82, 2.24) is 5.32 Å². The van der Waals surface area contributed by atoms with E-state index in [-0.39, 0.29) is 10.5 Å². The Morgan fingerprint density at radius 1 is 1.10 bits per heavy atom. The average molecular weight is 452 g/mol. The van der Waals surface area contributed by atoms with E-state index in [1.807, 2.05) is 0 Å². The molecule has 2 N–H and O–H groups in total. The molecule has 5 nitrogen and oxygen atoms in total. The van der Waals surface area contributed by atoms with Crippen LogP contribution in [0.5, 0.6) is 0 Å². The van der Waals surface area contributed by atoms with E-state index >= 15 is 0 Å². The number of halogens is 3. The summed E-state index contributed by atoms with van der Waals surface area (Å²) in [6, 6.07) is 9.09. The number of aryl methyl sites for hydroxylation is 1. The van der Waals surface area contributed by atoms with Crippen LogP contribution in [0.25, 0.3) is 0 Å². The number of nitrogens with one attached hydrogen (secondary N) is 2. The van der Waals surface area contributed by atoms with E-state index in [4.69, 9.17) is 0 Å². The number of benzene rings is 2. The van der Waals surface area contributed by atoms with Gasteiger partial charge in [0.25, 0.3) is 5.91 Å². The second-order valence-electron chi connectivity index (χ2n) is 8.22. The molecule has 1 amide bonds. The molecule has 1 aliphatic heterocycles. The predicted octanol–water partition coefficient (Wildman–Crippen LogP) is 4.61. The van der Waals surface area contributed by atoms with Crippen molar-refractivity contribution < 1.29 is 26.4 Å². The van der Waals surface area contributed by atoms with Gasteiger partial charge in [-0.1, -0.05) is 31.5 Å². The highest BCUT2D eigenvalue weighted by Crippen LogP contribution is 2.47. The second-order valence-corrected chi connectivity index (χ2v) is 10.2. The van der Waals surface area contributed by atoms with Crippen LogP contribution in [0.2, 0.25) is 0 Å². The van der Waals surface area contributed by atoms with Gasteiger partial charge in [-0.3, -0.25) is 4.79 Å². The van der Waals surface area contributed by atoms with Crippen molar-refractivity contribution in [1.29, 1.82) is 0 Å². The third-order valence-electron chi connectivity index (χ3n) is 5.42. The third-order valence-corrected chi connectivity index (χ3v) is 6.55. The molecule has 0 aromatic heterocycles. The molecule has 0 radical (unpaired) electrons. The Morgan fingerprint density at radius 2 is 1.71 bits per heavy atom. The number of carbonyl (C=O) groups is 1. The Kier molecular flexibility index (Phi) is 5.69. The van der Waals surface area contributed by atoms with Crippen molar-refractivity contribution in [3.05, 3.63) is 70.9 Å². The van der Waals surface area contributed by atoms with E-state index in [2.05, 4.69) is 10.6 Å². The van der Waals surface area contributed by atoms with E-state index in [1.54, 1.807) is 26.8 Å². The van der Waals surface area contributed by atoms with Crippen LogP contribution < -0.4 is 10.6 Å². The van der Waals surface area contributed by atoms with E-state index in [1.165, 1.54) is 36.5 Å². The molecule has 9 heteroatoms. The molecule has 0 bridgehead atoms. The molecular formula is C22H23F3N2O3S. The molecule has 31 heavy (non-hydrogen) atoms. The maximum absolute atomic E-state index is 13.6. The zero-order chi connectivity index (χ0) is 23.2. The van der Waals surface area contributed by atoms with Gasteiger partial charge in [0.2, 0.25) is 0 Å². The summed E-state index contributed by atoms with van der Waals surface area (Å²) in [6.45, 7) is 5.00. The van der Waals surface area contributed by atoms with Gasteiger partial charge >= 0.3 is 6.18 Å². The first-order chi connectivity index (χ1) is 14.2. The summed E-state index contributed by atoms with van der Waals surface area (Å²) in [4.78, 5) is 13.0. The quantitative estimate of drug-likeness (QED) is 0.711. The largest absolute Gasteiger partial charge is 0.416 e. The molecule has 2 aromatic rings. The van der Waals surface area contributed by atoms with Gasteiger partial charge in [0.05, 0.1) is 16.5 Å². The summed E-state index contributed by atoms with van der Waals surface area (Å²) in [7, 11) is -3.37. The zero-order valence-corrected chi connectivity index (χ0v) is 18.3. The second kappa shape index (κ2) is 7.71. The number of hydrogen-bond donors (Lipinski definition) is 2. The first-order valence-corrected chi connectivity index (χ1v) is 11.4. The molecule has 0 saturated heterocycles. The van der Waals surface area contributed by atoms with E-state index < -0.39 is 38.9 Å². The Hall–Kier alpha value is -2.81. The first kappa shape index (κ1) is 22.9. The lowest BCUT2D eigenvalue weighted by Gasteiger charge is -2.32. The minimum absolute atomic E-state index is 0.0691. The van der Waals surface area contributed by atoms with Crippen LogP contribution in [0.15, 0.2) is 59.1 Å². The van der Waals surface area contributed by atoms with Crippen molar-refractivity contribution in [2.24, 2.45) is 5.41 Å². The number of hydrogen-bond acceptors (Lipinski definition) is 4. The predicted molar refractivity (Wildman–Crippen MR) is 112 cm³/mol. The molecule has 0 aliphatic carbocycles. The Balaban J connectivity index is 1.85. The molecule has 1 atom stereocenters. The van der Waals surface area contributed by atoms with Crippen LogP contribution in [-0.4, -0.2) is 20.6 Å². The number of carbonyl (C=O) groups excluding carboxylic acids is 1. The SMILES string of the molecule is Cc1ccc(C2NC=C(C(=O)Nc3ccc(S(C)(=O)=O)cc3)C2(C)C)c(C(F)(F)F)c1. The van der Waals surface area contributed by atoms with Crippen LogP contribution in [0.4, 0.5) is 18.9 Å². The maximum atomic E-state index is 13.6. The van der Waals surface area contributed by atoms with Crippen molar-refractivity contribution in [3.63, 3.8) is 0 Å². The highest BCUT2D eigenvalue weighted by molar-refractivity contribution is 7.90. The maximum Gasteiger partial charge on any atom is 0.416 e. The monoisotopic (exact) mass is 452 g/mol. The normalized spacial score (nSPS) is 18.3. The molecule has 1 heterocycles. The molecular weight excluding hydrogens is 429 g/mol. The average Bonchev–Trinajstić information content (AvgIpc) is 2.95. The minimum Gasteiger partial charge on any atom is -0.383 e. The van der Waals surface area contributed by atoms with Gasteiger partial charge in [-0.2, -0.15) is 13.2 Å². The summed E-state index contributed by atoms with van der Waals surface area (Å²) in [5.41, 5.74) is -0.437. The number of anilines is 1. The van der Waals surface area contributed by atoms with Crippen LogP contribution in [0.1, 0.15) is 36.6 Å². The molecule has 166 valence electrons. The van der Waals surface area contributed by atoms with Crippen molar-refractivity contribution >= 4 is 21.4 Å². The molecule has 3 rings (SSSR count). The van der Waals surface area contributed by atoms with Crippen LogP contribution in [0, 0.1) is 12.3 Å². The Labute approximate surface area is 179 Å². The van der Waals surface area contributed by atoms with E-state index in [9.17, 15) is 26.4 Å². The van der Waals surface area contributed by atoms with Gasteiger partial charge in [-0.05, 0) is 42.8 Å². The van der Waals surface area contributed by atoms with Gasteiger partial charge < -0.3 is 10.6 Å². The third kappa shape index (κ3) is 4.61. The van der Waals surface area contributed by atoms with Gasteiger partial charge in [0.15, 0.2) is 9.84 Å². The summed E-state index contributed by atoms with van der Waals surface area (Å²) < 4.78 is 64.0. The van der Waals surface area contributed by atoms with E-state index in [0.717, 1.165) is 12.3 Å². The summed E-state index contributed by atoms with van der Waals surface area (Å²) in [6.07, 6.45) is -2.01. The fourth-order valence-electron chi connectivity index (χ4n) is 3.70. The molecule has 0 saturated carbocycles. The standard InChI is InChI=1S/C22H23F3N2O3S/c1-13-5-10-16(17(11-13)22(23,24)25)19-21(2,3)18(12-26-19)20(28)27-14-6-8-15(9-7-14)31(4,29)30/h5-12,19,26H,1-4H3,(H,27,28). The minimum atomic E-state index is -4.52. The van der Waals surface area contributed by atoms with Crippen LogP contribution in [-0.2, 0) is 20.8 Å². The fraction of sp³-hybridized carbons (Fsp3) is 0.318. The zero-order valence-electron chi connectivity index (χ0n) is 17.5. The molecule has 0 fully saturated rings. The number of alkyl halides is 3. The lowest BCUT2D eigenvalue weighted by molar-refractivity contribution is -0.138. The smallest absolute Gasteiger partial charge is 0.383 e. The molecule has 0 spiro atoms. The number of rotatable bonds is 4. The summed E-state index contributed by atoms with van der Waals surface area (Å²) >= 11 is 0. The topological polar surface area (TPSA) is 75.3 Å². The number of sulfone groups is 1. The van der Waals surface area contributed by atoms with Gasteiger partial charge in [0, 0.05) is 29.1 Å². The first-order valence-electron chi connectivity index (χ1n) is 9.47. The van der Waals surface area contributed by atoms with Crippen LogP contribution in [0.3, 0.4) is 0 Å². The van der Waals surface area contributed by atoms with E-state index in [0.29, 0.717) is 16.8 Å². The van der Waals surface area contributed by atoms with Gasteiger partial charge in [0.1, 0.15) is 0 Å². The summed E-state index contributed by atoms with van der Waals surface area (Å²) in [5.74, 6) is -0.479. The van der Waals surface area contributed by atoms with Crippen molar-refractivity contribution in [2.45, 2.75) is 37.9 Å². The lowest BCUT2D eigenvalue weighted by atomic mass is 9.75. The van der Waals surface area contributed by atoms with Crippen LogP contribution >= 0.6 is 0 Å². The van der Waals surface area contributed by atoms with Crippen molar-refractivity contribution in [2.75, 3.05) is 11.6 Å². The molecule has 2 aromatic carbocycles. The molecule has 1 unspecified atom stereocenters. The Morgan fingerprint density at radius 3 is 2.26 bits per heavy atom. The fourth-order valence-corrected chi connectivity index (χ4v) is 4.33. The summed E-state index contributed by atoms with van der Waals surface area (Å²) in [5, 5.41) is 5.62.